The standard InChI is InChI=1S/C18H18O3/c1-3-15(18(19)20-2)16-11-7-8-12-17(16)21-13-14-9-5-4-6-10-14/h3-12H,13H2,1-2H3/b15-3-. The van der Waals surface area contributed by atoms with E-state index in [0.29, 0.717) is 17.9 Å². The monoisotopic (exact) mass is 282 g/mol. The average molecular weight is 282 g/mol. The van der Waals surface area contributed by atoms with Crippen LogP contribution in [-0.2, 0) is 16.1 Å². The van der Waals surface area contributed by atoms with Gasteiger partial charge in [-0.3, -0.25) is 0 Å². The Hall–Kier alpha value is -2.55. The Balaban J connectivity index is 2.23. The minimum Gasteiger partial charge on any atom is -0.488 e. The first-order chi connectivity index (χ1) is 10.3. The van der Waals surface area contributed by atoms with Gasteiger partial charge in [-0.25, -0.2) is 4.79 Å². The highest BCUT2D eigenvalue weighted by atomic mass is 16.5. The highest BCUT2D eigenvalue weighted by Crippen LogP contribution is 2.27. The zero-order valence-electron chi connectivity index (χ0n) is 12.2. The first-order valence-corrected chi connectivity index (χ1v) is 6.77. The van der Waals surface area contributed by atoms with E-state index in [0.717, 1.165) is 11.1 Å². The van der Waals surface area contributed by atoms with Crippen LogP contribution in [0.2, 0.25) is 0 Å². The molecule has 0 unspecified atom stereocenters. The summed E-state index contributed by atoms with van der Waals surface area (Å²) in [6.07, 6.45) is 1.73. The fourth-order valence-corrected chi connectivity index (χ4v) is 2.04. The van der Waals surface area contributed by atoms with Crippen molar-refractivity contribution >= 4 is 11.5 Å². The SMILES string of the molecule is C/C=C(\C(=O)OC)c1ccccc1OCc1ccccc1. The third-order valence-electron chi connectivity index (χ3n) is 3.11. The Morgan fingerprint density at radius 2 is 1.71 bits per heavy atom. The number of hydrogen-bond acceptors (Lipinski definition) is 3. The molecule has 0 atom stereocenters. The Kier molecular flexibility index (Phi) is 5.16. The molecule has 0 aliphatic rings. The first kappa shape index (κ1) is 14.9. The van der Waals surface area contributed by atoms with E-state index in [1.165, 1.54) is 7.11 Å². The van der Waals surface area contributed by atoms with Crippen molar-refractivity contribution in [1.82, 2.24) is 0 Å². The summed E-state index contributed by atoms with van der Waals surface area (Å²) in [5.74, 6) is 0.299. The number of rotatable bonds is 5. The van der Waals surface area contributed by atoms with E-state index < -0.39 is 0 Å². The second-order valence-corrected chi connectivity index (χ2v) is 4.46. The van der Waals surface area contributed by atoms with Crippen LogP contribution in [0.15, 0.2) is 60.7 Å². The maximum atomic E-state index is 11.8. The highest BCUT2D eigenvalue weighted by Gasteiger charge is 2.15. The van der Waals surface area contributed by atoms with Crippen LogP contribution in [0.4, 0.5) is 0 Å². The van der Waals surface area contributed by atoms with Gasteiger partial charge in [-0.2, -0.15) is 0 Å². The Labute approximate surface area is 124 Å². The second-order valence-electron chi connectivity index (χ2n) is 4.46. The van der Waals surface area contributed by atoms with Gasteiger partial charge >= 0.3 is 5.97 Å². The molecule has 0 aliphatic heterocycles. The zero-order valence-corrected chi connectivity index (χ0v) is 12.2. The van der Waals surface area contributed by atoms with Crippen molar-refractivity contribution in [1.29, 1.82) is 0 Å². The quantitative estimate of drug-likeness (QED) is 0.617. The maximum absolute atomic E-state index is 11.8. The van der Waals surface area contributed by atoms with Gasteiger partial charge in [-0.1, -0.05) is 54.6 Å². The molecule has 0 saturated carbocycles. The van der Waals surface area contributed by atoms with Crippen molar-refractivity contribution in [2.75, 3.05) is 7.11 Å². The Morgan fingerprint density at radius 3 is 2.38 bits per heavy atom. The van der Waals surface area contributed by atoms with Gasteiger partial charge in [0.15, 0.2) is 0 Å². The number of carbonyl (C=O) groups excluding carboxylic acids is 1. The van der Waals surface area contributed by atoms with Crippen LogP contribution in [0.5, 0.6) is 5.75 Å². The molecule has 0 amide bonds. The smallest absolute Gasteiger partial charge is 0.338 e. The van der Waals surface area contributed by atoms with E-state index in [2.05, 4.69) is 0 Å². The van der Waals surface area contributed by atoms with E-state index in [-0.39, 0.29) is 5.97 Å². The molecule has 3 nitrogen and oxygen atoms in total. The topological polar surface area (TPSA) is 35.5 Å². The summed E-state index contributed by atoms with van der Waals surface area (Å²) >= 11 is 0. The van der Waals surface area contributed by atoms with Crippen LogP contribution in [-0.4, -0.2) is 13.1 Å². The average Bonchev–Trinajstić information content (AvgIpc) is 2.55. The number of para-hydroxylation sites is 1. The lowest BCUT2D eigenvalue weighted by Gasteiger charge is -2.13. The Bertz CT molecular complexity index is 630. The second kappa shape index (κ2) is 7.29. The van der Waals surface area contributed by atoms with E-state index >= 15 is 0 Å². The Morgan fingerprint density at radius 1 is 1.05 bits per heavy atom. The lowest BCUT2D eigenvalue weighted by molar-refractivity contribution is -0.133. The molecule has 2 aromatic rings. The van der Waals surface area contributed by atoms with Crippen LogP contribution in [0.3, 0.4) is 0 Å². The van der Waals surface area contributed by atoms with Crippen molar-refractivity contribution in [2.24, 2.45) is 0 Å². The molecule has 2 rings (SSSR count). The molecule has 0 N–H and O–H groups in total. The van der Waals surface area contributed by atoms with Crippen molar-refractivity contribution in [3.05, 3.63) is 71.8 Å². The third-order valence-corrected chi connectivity index (χ3v) is 3.11. The number of esters is 1. The molecule has 0 saturated heterocycles. The van der Waals surface area contributed by atoms with Crippen molar-refractivity contribution < 1.29 is 14.3 Å². The van der Waals surface area contributed by atoms with E-state index in [1.807, 2.05) is 54.6 Å². The minimum absolute atomic E-state index is 0.367. The molecule has 0 aromatic heterocycles. The van der Waals surface area contributed by atoms with Gasteiger partial charge in [0.2, 0.25) is 0 Å². The van der Waals surface area contributed by atoms with Gasteiger partial charge in [0.05, 0.1) is 12.7 Å². The van der Waals surface area contributed by atoms with Crippen LogP contribution in [0, 0.1) is 0 Å². The van der Waals surface area contributed by atoms with E-state index in [9.17, 15) is 4.79 Å². The number of hydrogen-bond donors (Lipinski definition) is 0. The van der Waals surface area contributed by atoms with E-state index in [4.69, 9.17) is 9.47 Å². The molecular formula is C18H18O3. The largest absolute Gasteiger partial charge is 0.488 e. The molecule has 0 heterocycles. The van der Waals surface area contributed by atoms with Gasteiger partial charge in [0, 0.05) is 5.56 Å². The van der Waals surface area contributed by atoms with Crippen molar-refractivity contribution in [3.63, 3.8) is 0 Å². The number of benzene rings is 2. The van der Waals surface area contributed by atoms with Crippen LogP contribution in [0.1, 0.15) is 18.1 Å². The summed E-state index contributed by atoms with van der Waals surface area (Å²) in [7, 11) is 1.37. The molecule has 108 valence electrons. The molecule has 0 spiro atoms. The van der Waals surface area contributed by atoms with Gasteiger partial charge in [0.1, 0.15) is 12.4 Å². The number of carbonyl (C=O) groups is 1. The highest BCUT2D eigenvalue weighted by molar-refractivity contribution is 6.17. The lowest BCUT2D eigenvalue weighted by atomic mass is 10.0. The van der Waals surface area contributed by atoms with E-state index in [1.54, 1.807) is 13.0 Å². The molecule has 0 aliphatic carbocycles. The molecule has 21 heavy (non-hydrogen) atoms. The summed E-state index contributed by atoms with van der Waals surface area (Å²) in [5, 5.41) is 0. The molecule has 0 bridgehead atoms. The molecule has 2 aromatic carbocycles. The fraction of sp³-hybridized carbons (Fsp3) is 0.167. The fourth-order valence-electron chi connectivity index (χ4n) is 2.04. The molecule has 3 heteroatoms. The normalized spacial score (nSPS) is 11.0. The van der Waals surface area contributed by atoms with Crippen LogP contribution < -0.4 is 4.74 Å². The van der Waals surface area contributed by atoms with Crippen LogP contribution >= 0.6 is 0 Å². The summed E-state index contributed by atoms with van der Waals surface area (Å²) < 4.78 is 10.7. The van der Waals surface area contributed by atoms with Gasteiger partial charge < -0.3 is 9.47 Å². The molecule has 0 radical (unpaired) electrons. The summed E-state index contributed by atoms with van der Waals surface area (Å²) in [6, 6.07) is 17.4. The van der Waals surface area contributed by atoms with Crippen molar-refractivity contribution in [3.8, 4) is 5.75 Å². The van der Waals surface area contributed by atoms with Crippen LogP contribution in [0.25, 0.3) is 5.57 Å². The van der Waals surface area contributed by atoms with Gasteiger partial charge in [-0.05, 0) is 18.6 Å². The maximum Gasteiger partial charge on any atom is 0.338 e. The minimum atomic E-state index is -0.367. The molecular weight excluding hydrogens is 264 g/mol. The number of methoxy groups -OCH3 is 1. The zero-order chi connectivity index (χ0) is 15.1. The van der Waals surface area contributed by atoms with Crippen molar-refractivity contribution in [2.45, 2.75) is 13.5 Å². The summed E-state index contributed by atoms with van der Waals surface area (Å²) in [4.78, 5) is 11.8. The number of allylic oxidation sites excluding steroid dienone is 1. The predicted molar refractivity (Wildman–Crippen MR) is 82.9 cm³/mol. The predicted octanol–water partition coefficient (Wildman–Crippen LogP) is 3.84. The summed E-state index contributed by atoms with van der Waals surface area (Å²) in [5.41, 5.74) is 2.32. The van der Waals surface area contributed by atoms with Gasteiger partial charge in [0.25, 0.3) is 0 Å². The summed E-state index contributed by atoms with van der Waals surface area (Å²) in [6.45, 7) is 2.26. The lowest BCUT2D eigenvalue weighted by Crippen LogP contribution is -2.06. The molecule has 0 fully saturated rings. The third kappa shape index (κ3) is 3.72. The number of ether oxygens (including phenoxy) is 2. The first-order valence-electron chi connectivity index (χ1n) is 6.77. The van der Waals surface area contributed by atoms with Gasteiger partial charge in [-0.15, -0.1) is 0 Å².